The Hall–Kier alpha value is -2.67. The van der Waals surface area contributed by atoms with E-state index in [4.69, 9.17) is 9.47 Å². The van der Waals surface area contributed by atoms with Gasteiger partial charge in [0.25, 0.3) is 0 Å². The van der Waals surface area contributed by atoms with Crippen LogP contribution in [0.1, 0.15) is 65.2 Å². The van der Waals surface area contributed by atoms with Gasteiger partial charge in [0, 0.05) is 23.3 Å². The van der Waals surface area contributed by atoms with E-state index in [1.807, 2.05) is 36.4 Å². The Kier molecular flexibility index (Phi) is 13.1. The number of para-hydroxylation sites is 2. The van der Waals surface area contributed by atoms with Crippen LogP contribution in [0.3, 0.4) is 0 Å². The van der Waals surface area contributed by atoms with Gasteiger partial charge in [-0.25, -0.2) is 9.59 Å². The van der Waals surface area contributed by atoms with Crippen molar-refractivity contribution in [2.45, 2.75) is 87.9 Å². The van der Waals surface area contributed by atoms with Crippen molar-refractivity contribution in [3.05, 3.63) is 60.7 Å². The van der Waals surface area contributed by atoms with E-state index in [9.17, 15) is 19.8 Å². The van der Waals surface area contributed by atoms with Gasteiger partial charge in [-0.1, -0.05) is 75.9 Å². The minimum absolute atomic E-state index is 0.0350. The first-order chi connectivity index (χ1) is 16.9. The van der Waals surface area contributed by atoms with Gasteiger partial charge in [-0.2, -0.15) is 11.8 Å². The van der Waals surface area contributed by atoms with E-state index < -0.39 is 24.1 Å². The molecule has 0 spiro atoms. The van der Waals surface area contributed by atoms with Gasteiger partial charge < -0.3 is 19.7 Å². The second-order valence-electron chi connectivity index (χ2n) is 8.65. The third-order valence-electron chi connectivity index (χ3n) is 5.69. The lowest BCUT2D eigenvalue weighted by Crippen LogP contribution is -2.33. The molecule has 6 nitrogen and oxygen atoms in total. The number of aliphatic carboxylic acids is 2. The van der Waals surface area contributed by atoms with Gasteiger partial charge >= 0.3 is 11.9 Å². The molecule has 2 N–H and O–H groups in total. The van der Waals surface area contributed by atoms with E-state index in [0.29, 0.717) is 24.3 Å². The first-order valence-corrected chi connectivity index (χ1v) is 13.4. The average Bonchev–Trinajstić information content (AvgIpc) is 2.85. The van der Waals surface area contributed by atoms with E-state index >= 15 is 0 Å². The van der Waals surface area contributed by atoms with E-state index in [1.54, 1.807) is 36.0 Å². The summed E-state index contributed by atoms with van der Waals surface area (Å²) in [4.78, 5) is 24.0. The molecule has 0 aliphatic carbocycles. The molecule has 4 unspecified atom stereocenters. The number of thioether (sulfide) groups is 1. The third kappa shape index (κ3) is 11.1. The van der Waals surface area contributed by atoms with Crippen molar-refractivity contribution in [3.63, 3.8) is 0 Å². The van der Waals surface area contributed by atoms with Crippen LogP contribution in [-0.4, -0.2) is 44.9 Å². The maximum absolute atomic E-state index is 12.0. The van der Waals surface area contributed by atoms with Crippen LogP contribution in [0.25, 0.3) is 0 Å². The minimum Gasteiger partial charge on any atom is -0.479 e. The molecule has 0 radical (unpaired) electrons. The summed E-state index contributed by atoms with van der Waals surface area (Å²) in [6.45, 7) is 4.22. The van der Waals surface area contributed by atoms with Crippen LogP contribution in [-0.2, 0) is 9.59 Å². The van der Waals surface area contributed by atoms with E-state index in [-0.39, 0.29) is 10.5 Å². The summed E-state index contributed by atoms with van der Waals surface area (Å²) in [6.07, 6.45) is 4.43. The molecule has 0 saturated carbocycles. The van der Waals surface area contributed by atoms with Crippen LogP contribution in [0.4, 0.5) is 0 Å². The molecule has 2 aromatic rings. The van der Waals surface area contributed by atoms with Crippen molar-refractivity contribution in [3.8, 4) is 11.5 Å². The maximum Gasteiger partial charge on any atom is 0.344 e. The van der Waals surface area contributed by atoms with Crippen LogP contribution in [0, 0.1) is 0 Å². The molecule has 0 heterocycles. The third-order valence-corrected chi connectivity index (χ3v) is 7.32. The smallest absolute Gasteiger partial charge is 0.344 e. The fourth-order valence-electron chi connectivity index (χ4n) is 3.82. The molecule has 0 aliphatic heterocycles. The van der Waals surface area contributed by atoms with E-state index in [1.165, 1.54) is 0 Å². The number of carbonyl (C=O) groups is 2. The molecule has 35 heavy (non-hydrogen) atoms. The highest BCUT2D eigenvalue weighted by Gasteiger charge is 2.30. The number of carboxylic acid groups (broad SMARTS) is 2. The predicted molar refractivity (Wildman–Crippen MR) is 140 cm³/mol. The Morgan fingerprint density at radius 3 is 1.40 bits per heavy atom. The van der Waals surface area contributed by atoms with Crippen LogP contribution in [0.2, 0.25) is 0 Å². The summed E-state index contributed by atoms with van der Waals surface area (Å²) in [5, 5.41) is 19.7. The number of ether oxygens (including phenoxy) is 2. The standard InChI is InChI=1S/C28H38O6S/c1-3-5-17-23(19-25(27(29)30)33-21-13-9-7-10-14-21)35-24(18-6-4-2)20-26(28(31)32)34-22-15-11-8-12-16-22/h7-16,23-26H,3-6,17-20H2,1-2H3,(H,29,30)(H,31,32). The Bertz CT molecular complexity index is 789. The zero-order valence-corrected chi connectivity index (χ0v) is 21.5. The first kappa shape index (κ1) is 28.6. The first-order valence-electron chi connectivity index (χ1n) is 12.5. The van der Waals surface area contributed by atoms with Crippen molar-refractivity contribution < 1.29 is 29.3 Å². The number of hydrogen-bond acceptors (Lipinski definition) is 5. The van der Waals surface area contributed by atoms with Gasteiger partial charge in [0.2, 0.25) is 0 Å². The molecule has 2 aromatic carbocycles. The topological polar surface area (TPSA) is 93.1 Å². The van der Waals surface area contributed by atoms with Crippen molar-refractivity contribution >= 4 is 23.7 Å². The second kappa shape index (κ2) is 16.1. The Balaban J connectivity index is 2.14. The summed E-state index contributed by atoms with van der Waals surface area (Å²) in [5.41, 5.74) is 0. The van der Waals surface area contributed by atoms with Gasteiger partial charge in [0.1, 0.15) is 11.5 Å². The van der Waals surface area contributed by atoms with Gasteiger partial charge in [-0.15, -0.1) is 0 Å². The molecule has 0 aliphatic rings. The molecule has 4 atom stereocenters. The van der Waals surface area contributed by atoms with Crippen molar-refractivity contribution in [1.29, 1.82) is 0 Å². The lowest BCUT2D eigenvalue weighted by atomic mass is 10.1. The lowest BCUT2D eigenvalue weighted by molar-refractivity contribution is -0.146. The van der Waals surface area contributed by atoms with Crippen molar-refractivity contribution in [2.75, 3.05) is 0 Å². The molecule has 0 saturated heterocycles. The highest BCUT2D eigenvalue weighted by Crippen LogP contribution is 2.33. The van der Waals surface area contributed by atoms with Gasteiger partial charge in [-0.05, 0) is 37.1 Å². The summed E-state index contributed by atoms with van der Waals surface area (Å²) in [5.74, 6) is -0.915. The Morgan fingerprint density at radius 2 is 1.09 bits per heavy atom. The molecule has 192 valence electrons. The van der Waals surface area contributed by atoms with E-state index in [0.717, 1.165) is 38.5 Å². The molecule has 0 bridgehead atoms. The summed E-state index contributed by atoms with van der Waals surface area (Å²) in [6, 6.07) is 18.0. The molecule has 0 amide bonds. The molecular weight excluding hydrogens is 464 g/mol. The molecule has 2 rings (SSSR count). The maximum atomic E-state index is 12.0. The van der Waals surface area contributed by atoms with Gasteiger partial charge in [0.05, 0.1) is 0 Å². The molecular formula is C28H38O6S. The fraction of sp³-hybridized carbons (Fsp3) is 0.500. The Labute approximate surface area is 213 Å². The number of hydrogen-bond donors (Lipinski definition) is 2. The summed E-state index contributed by atoms with van der Waals surface area (Å²) < 4.78 is 11.6. The van der Waals surface area contributed by atoms with Crippen molar-refractivity contribution in [1.82, 2.24) is 0 Å². The average molecular weight is 503 g/mol. The Morgan fingerprint density at radius 1 is 0.714 bits per heavy atom. The highest BCUT2D eigenvalue weighted by molar-refractivity contribution is 8.00. The quantitative estimate of drug-likeness (QED) is 0.235. The number of carboxylic acids is 2. The van der Waals surface area contributed by atoms with Crippen LogP contribution < -0.4 is 9.47 Å². The van der Waals surface area contributed by atoms with Crippen LogP contribution in [0.15, 0.2) is 60.7 Å². The van der Waals surface area contributed by atoms with Crippen molar-refractivity contribution in [2.24, 2.45) is 0 Å². The predicted octanol–water partition coefficient (Wildman–Crippen LogP) is 6.68. The zero-order chi connectivity index (χ0) is 25.5. The number of rotatable bonds is 18. The fourth-order valence-corrected chi connectivity index (χ4v) is 5.54. The SMILES string of the molecule is CCCCC(CC(Oc1ccccc1)C(=O)O)SC(CCCC)CC(Oc1ccccc1)C(=O)O. The monoisotopic (exact) mass is 502 g/mol. The molecule has 0 aromatic heterocycles. The van der Waals surface area contributed by atoms with Gasteiger partial charge in [0.15, 0.2) is 12.2 Å². The van der Waals surface area contributed by atoms with Gasteiger partial charge in [-0.3, -0.25) is 0 Å². The molecule has 0 fully saturated rings. The zero-order valence-electron chi connectivity index (χ0n) is 20.7. The lowest BCUT2D eigenvalue weighted by Gasteiger charge is -2.28. The van der Waals surface area contributed by atoms with Crippen LogP contribution >= 0.6 is 11.8 Å². The second-order valence-corrected chi connectivity index (χ2v) is 10.3. The molecule has 7 heteroatoms. The number of benzene rings is 2. The summed E-state index contributed by atoms with van der Waals surface area (Å²) in [7, 11) is 0. The normalized spacial score (nSPS) is 14.5. The number of unbranched alkanes of at least 4 members (excludes halogenated alkanes) is 2. The highest BCUT2D eigenvalue weighted by atomic mass is 32.2. The minimum atomic E-state index is -0.989. The largest absolute Gasteiger partial charge is 0.479 e. The van der Waals surface area contributed by atoms with E-state index in [2.05, 4.69) is 13.8 Å². The summed E-state index contributed by atoms with van der Waals surface area (Å²) >= 11 is 1.70. The van der Waals surface area contributed by atoms with Crippen LogP contribution in [0.5, 0.6) is 11.5 Å².